The monoisotopic (exact) mass is 593 g/mol. The van der Waals surface area contributed by atoms with Crippen LogP contribution in [0.1, 0.15) is 87.5 Å². The van der Waals surface area contributed by atoms with Gasteiger partial charge in [0.2, 0.25) is 5.78 Å². The number of Topliss-reactive ketones (excluding diaryl/α,β-unsaturated/α-hetero) is 1. The Morgan fingerprint density at radius 1 is 1.14 bits per heavy atom. The second kappa shape index (κ2) is 10.2. The Kier molecular flexibility index (Phi) is 6.88. The van der Waals surface area contributed by atoms with E-state index in [1.165, 1.54) is 36.9 Å². The Balaban J connectivity index is 1.47. The molecule has 0 bridgehead atoms. The number of phenols is 2. The summed E-state index contributed by atoms with van der Waals surface area (Å²) in [5.74, 6) is -3.21. The van der Waals surface area contributed by atoms with Crippen LogP contribution in [-0.2, 0) is 20.7 Å². The predicted molar refractivity (Wildman–Crippen MR) is 146 cm³/mol. The number of carbonyl (C=O) groups is 3. The maximum absolute atomic E-state index is 13.8. The van der Waals surface area contributed by atoms with Crippen molar-refractivity contribution in [2.45, 2.75) is 76.3 Å². The van der Waals surface area contributed by atoms with E-state index in [0.717, 1.165) is 0 Å². The molecule has 0 spiro atoms. The van der Waals surface area contributed by atoms with Crippen molar-refractivity contribution < 1.29 is 49.0 Å². The van der Waals surface area contributed by atoms with E-state index < -0.39 is 82.6 Å². The lowest BCUT2D eigenvalue weighted by molar-refractivity contribution is -0.255. The van der Waals surface area contributed by atoms with Crippen molar-refractivity contribution in [2.75, 3.05) is 7.11 Å². The van der Waals surface area contributed by atoms with Gasteiger partial charge in [0.1, 0.15) is 29.0 Å². The quantitative estimate of drug-likeness (QED) is 0.246. The average Bonchev–Trinajstić information content (AvgIpc) is 3.40. The zero-order chi connectivity index (χ0) is 31.0. The van der Waals surface area contributed by atoms with E-state index in [0.29, 0.717) is 5.69 Å². The molecule has 2 aromatic carbocycles. The minimum atomic E-state index is -2.03. The first-order valence-corrected chi connectivity index (χ1v) is 13.8. The number of nitrogens with zero attached hydrogens (tertiary/aromatic N) is 3. The number of hydrogen-bond donors (Lipinski definition) is 4. The highest BCUT2D eigenvalue weighted by Gasteiger charge is 2.49. The number of benzene rings is 2. The maximum atomic E-state index is 13.8. The fourth-order valence-corrected chi connectivity index (χ4v) is 6.39. The van der Waals surface area contributed by atoms with Gasteiger partial charge < -0.3 is 34.6 Å². The van der Waals surface area contributed by atoms with Crippen LogP contribution in [0, 0.1) is 6.92 Å². The molecule has 0 saturated carbocycles. The SMILES string of the molecule is COc1cccc2c1C(=O)c1c(O)c3c(c(O)c1C2=O)C[C@@](O)(C(C)=O)CC3OC1CC(n2cc(C)nn2)C(O)C(C)O1. The number of ether oxygens (including phenoxy) is 3. The van der Waals surface area contributed by atoms with Crippen LogP contribution >= 0.6 is 0 Å². The summed E-state index contributed by atoms with van der Waals surface area (Å²) in [6, 6.07) is 3.85. The molecule has 0 amide bonds. The van der Waals surface area contributed by atoms with Crippen LogP contribution in [0.25, 0.3) is 0 Å². The number of hydrogen-bond acceptors (Lipinski definition) is 12. The summed E-state index contributed by atoms with van der Waals surface area (Å²) in [5, 5.41) is 53.4. The molecule has 3 aliphatic rings. The van der Waals surface area contributed by atoms with Crippen LogP contribution in [-0.4, -0.2) is 84.0 Å². The van der Waals surface area contributed by atoms with E-state index in [9.17, 15) is 34.8 Å². The highest BCUT2D eigenvalue weighted by Crippen LogP contribution is 2.52. The predicted octanol–water partition coefficient (Wildman–Crippen LogP) is 1.84. The molecule has 1 saturated heterocycles. The van der Waals surface area contributed by atoms with Crippen LogP contribution in [0.5, 0.6) is 17.2 Å². The Hall–Kier alpha value is -4.17. The molecule has 4 N–H and O–H groups in total. The number of aryl methyl sites for hydroxylation is 1. The molecule has 1 aliphatic heterocycles. The summed E-state index contributed by atoms with van der Waals surface area (Å²) in [6.07, 6.45) is -3.01. The fourth-order valence-electron chi connectivity index (χ4n) is 6.39. The summed E-state index contributed by atoms with van der Waals surface area (Å²) < 4.78 is 19.0. The molecule has 43 heavy (non-hydrogen) atoms. The molecule has 13 heteroatoms. The lowest BCUT2D eigenvalue weighted by Crippen LogP contribution is -2.48. The smallest absolute Gasteiger partial charge is 0.202 e. The molecule has 6 rings (SSSR count). The third-order valence-electron chi connectivity index (χ3n) is 8.69. The summed E-state index contributed by atoms with van der Waals surface area (Å²) in [7, 11) is 1.34. The molecule has 0 radical (unpaired) electrons. The molecule has 13 nitrogen and oxygen atoms in total. The van der Waals surface area contributed by atoms with Gasteiger partial charge >= 0.3 is 0 Å². The van der Waals surface area contributed by atoms with E-state index in [-0.39, 0.29) is 40.8 Å². The van der Waals surface area contributed by atoms with Gasteiger partial charge in [-0.2, -0.15) is 0 Å². The first kappa shape index (κ1) is 28.9. The average molecular weight is 594 g/mol. The zero-order valence-corrected chi connectivity index (χ0v) is 23.9. The van der Waals surface area contributed by atoms with Gasteiger partial charge in [-0.25, -0.2) is 4.68 Å². The number of aromatic nitrogens is 3. The first-order valence-electron chi connectivity index (χ1n) is 13.8. The van der Waals surface area contributed by atoms with Crippen LogP contribution in [0.15, 0.2) is 24.4 Å². The van der Waals surface area contributed by atoms with Crippen molar-refractivity contribution in [3.8, 4) is 17.2 Å². The van der Waals surface area contributed by atoms with Gasteiger partial charge in [0, 0.05) is 42.1 Å². The Bertz CT molecular complexity index is 1680. The van der Waals surface area contributed by atoms with Crippen molar-refractivity contribution in [3.63, 3.8) is 0 Å². The van der Waals surface area contributed by atoms with Gasteiger partial charge in [0.25, 0.3) is 0 Å². The lowest BCUT2D eigenvalue weighted by atomic mass is 9.72. The Morgan fingerprint density at radius 3 is 2.51 bits per heavy atom. The van der Waals surface area contributed by atoms with E-state index in [4.69, 9.17) is 14.2 Å². The van der Waals surface area contributed by atoms with Gasteiger partial charge in [-0.1, -0.05) is 17.3 Å². The minimum absolute atomic E-state index is 0.0190. The van der Waals surface area contributed by atoms with Gasteiger partial charge in [-0.15, -0.1) is 5.10 Å². The van der Waals surface area contributed by atoms with Crippen molar-refractivity contribution in [1.82, 2.24) is 15.0 Å². The van der Waals surface area contributed by atoms with E-state index in [2.05, 4.69) is 10.3 Å². The number of phenolic OH excluding ortho intramolecular Hbond substituents is 2. The molecular formula is C30H31N3O10. The standard InChI is InChI=1S/C30H31N3O10/c1-12-11-33(32-31-12)17-8-20(42-13(2)25(17)35)43-19-10-30(40,14(3)34)9-16-22(19)29(39)24-23(27(16)37)26(36)15-6-5-7-18(41-4)21(15)28(24)38/h5-7,11,13,17,19-20,25,35,37,39-40H,8-10H2,1-4H3/t13?,17?,19?,20?,25?,30-/m0/s1. The summed E-state index contributed by atoms with van der Waals surface area (Å²) in [4.78, 5) is 40.1. The molecule has 6 atom stereocenters. The number of ketones is 3. The van der Waals surface area contributed by atoms with Gasteiger partial charge in [-0.3, -0.25) is 14.4 Å². The summed E-state index contributed by atoms with van der Waals surface area (Å²) in [5.41, 5.74) is -2.46. The van der Waals surface area contributed by atoms with E-state index in [1.54, 1.807) is 20.0 Å². The first-order chi connectivity index (χ1) is 20.4. The van der Waals surface area contributed by atoms with Crippen LogP contribution < -0.4 is 4.74 Å². The highest BCUT2D eigenvalue weighted by molar-refractivity contribution is 6.31. The zero-order valence-electron chi connectivity index (χ0n) is 23.9. The maximum Gasteiger partial charge on any atom is 0.202 e. The van der Waals surface area contributed by atoms with Gasteiger partial charge in [-0.05, 0) is 26.8 Å². The molecule has 2 aliphatic carbocycles. The topological polar surface area (TPSA) is 191 Å². The largest absolute Gasteiger partial charge is 0.507 e. The number of fused-ring (bicyclic) bond motifs is 3. The van der Waals surface area contributed by atoms with E-state index >= 15 is 0 Å². The fraction of sp³-hybridized carbons (Fsp3) is 0.433. The Morgan fingerprint density at radius 2 is 1.86 bits per heavy atom. The number of aliphatic hydroxyl groups excluding tert-OH is 1. The molecular weight excluding hydrogens is 562 g/mol. The van der Waals surface area contributed by atoms with Crippen LogP contribution in [0.4, 0.5) is 0 Å². The molecule has 3 aromatic rings. The molecule has 5 unspecified atom stereocenters. The van der Waals surface area contributed by atoms with Gasteiger partial charge in [0.05, 0.1) is 47.7 Å². The second-order valence-electron chi connectivity index (χ2n) is 11.4. The number of rotatable bonds is 5. The van der Waals surface area contributed by atoms with Crippen LogP contribution in [0.2, 0.25) is 0 Å². The van der Waals surface area contributed by atoms with Crippen molar-refractivity contribution in [1.29, 1.82) is 0 Å². The Labute approximate surface area is 245 Å². The number of aromatic hydroxyl groups is 2. The number of aliphatic hydroxyl groups is 2. The third-order valence-corrected chi connectivity index (χ3v) is 8.69. The lowest BCUT2D eigenvalue weighted by Gasteiger charge is -2.42. The van der Waals surface area contributed by atoms with E-state index in [1.807, 2.05) is 0 Å². The van der Waals surface area contributed by atoms with Crippen LogP contribution in [0.3, 0.4) is 0 Å². The molecule has 2 heterocycles. The summed E-state index contributed by atoms with van der Waals surface area (Å²) in [6.45, 7) is 4.59. The van der Waals surface area contributed by atoms with Gasteiger partial charge in [0.15, 0.2) is 17.9 Å². The van der Waals surface area contributed by atoms with Crippen molar-refractivity contribution in [3.05, 3.63) is 63.5 Å². The molecule has 1 fully saturated rings. The highest BCUT2D eigenvalue weighted by atomic mass is 16.7. The normalized spacial score (nSPS) is 28.2. The third kappa shape index (κ3) is 4.42. The second-order valence-corrected chi connectivity index (χ2v) is 11.4. The number of methoxy groups -OCH3 is 1. The van der Waals surface area contributed by atoms with Crippen molar-refractivity contribution in [2.24, 2.45) is 0 Å². The summed E-state index contributed by atoms with van der Waals surface area (Å²) >= 11 is 0. The molecule has 1 aromatic heterocycles. The van der Waals surface area contributed by atoms with Crippen molar-refractivity contribution >= 4 is 17.3 Å². The number of carbonyl (C=O) groups excluding carboxylic acids is 3. The molecule has 226 valence electrons. The minimum Gasteiger partial charge on any atom is -0.507 e.